The molecule has 168 valence electrons. The molecule has 0 saturated carbocycles. The maximum absolute atomic E-state index is 13.8. The van der Waals surface area contributed by atoms with Gasteiger partial charge in [0, 0.05) is 12.1 Å². The van der Waals surface area contributed by atoms with Crippen LogP contribution in [0.2, 0.25) is 0 Å². The number of carbonyl (C=O) groups excluding carboxylic acids is 1. The van der Waals surface area contributed by atoms with E-state index in [2.05, 4.69) is 0 Å². The van der Waals surface area contributed by atoms with Gasteiger partial charge in [0.15, 0.2) is 23.0 Å². The van der Waals surface area contributed by atoms with Crippen LogP contribution in [0.1, 0.15) is 41.3 Å². The molecule has 2 unspecified atom stereocenters. The number of methoxy groups -OCH3 is 4. The third-order valence-corrected chi connectivity index (χ3v) is 6.85. The van der Waals surface area contributed by atoms with Crippen molar-refractivity contribution >= 4 is 27.5 Å². The summed E-state index contributed by atoms with van der Waals surface area (Å²) in [6, 6.07) is 7.24. The summed E-state index contributed by atoms with van der Waals surface area (Å²) in [5.74, 6) is 2.17. The first-order chi connectivity index (χ1) is 15.5. The van der Waals surface area contributed by atoms with Gasteiger partial charge in [-0.1, -0.05) is 0 Å². The number of nitrogens with zero attached hydrogens (tertiary/aromatic N) is 1. The van der Waals surface area contributed by atoms with Crippen LogP contribution in [0.15, 0.2) is 24.3 Å². The van der Waals surface area contributed by atoms with Gasteiger partial charge in [-0.3, -0.25) is 4.79 Å². The van der Waals surface area contributed by atoms with Crippen LogP contribution in [0.5, 0.6) is 23.0 Å². The Morgan fingerprint density at radius 3 is 1.84 bits per heavy atom. The lowest BCUT2D eigenvalue weighted by atomic mass is 9.80. The number of hydrogen-bond acceptors (Lipinski definition) is 6. The van der Waals surface area contributed by atoms with Gasteiger partial charge in [-0.05, 0) is 65.1 Å². The highest BCUT2D eigenvalue weighted by Gasteiger charge is 2.42. The van der Waals surface area contributed by atoms with Crippen molar-refractivity contribution < 1.29 is 28.8 Å². The summed E-state index contributed by atoms with van der Waals surface area (Å²) in [5.41, 5.74) is 1.17. The lowest BCUT2D eigenvalue weighted by Crippen LogP contribution is -2.50. The van der Waals surface area contributed by atoms with Crippen LogP contribution in [0.4, 0.5) is 0 Å². The lowest BCUT2D eigenvalue weighted by Gasteiger charge is -2.43. The molecule has 3 aromatic rings. The Kier molecular flexibility index (Phi) is 5.01. The van der Waals surface area contributed by atoms with Crippen LogP contribution in [0.3, 0.4) is 0 Å². The van der Waals surface area contributed by atoms with E-state index in [0.29, 0.717) is 40.7 Å². The molecule has 32 heavy (non-hydrogen) atoms. The fourth-order valence-electron chi connectivity index (χ4n) is 5.32. The van der Waals surface area contributed by atoms with Gasteiger partial charge in [-0.15, -0.1) is 0 Å². The smallest absolute Gasteiger partial charge is 0.255 e. The first kappa shape index (κ1) is 20.7. The maximum atomic E-state index is 13.8. The van der Waals surface area contributed by atoms with E-state index in [4.69, 9.17) is 18.9 Å². The topological polar surface area (TPSA) is 77.5 Å². The summed E-state index contributed by atoms with van der Waals surface area (Å²) in [6.45, 7) is 0.652. The first-order valence-corrected chi connectivity index (χ1v) is 10.8. The van der Waals surface area contributed by atoms with Crippen molar-refractivity contribution in [2.45, 2.75) is 31.4 Å². The largest absolute Gasteiger partial charge is 0.493 e. The second kappa shape index (κ2) is 7.74. The molecule has 2 aliphatic heterocycles. The Hall–Kier alpha value is -3.19. The van der Waals surface area contributed by atoms with E-state index in [1.807, 2.05) is 29.2 Å². The average Bonchev–Trinajstić information content (AvgIpc) is 2.84. The quantitative estimate of drug-likeness (QED) is 0.620. The molecule has 7 nitrogen and oxygen atoms in total. The second-order valence-corrected chi connectivity index (χ2v) is 8.30. The Morgan fingerprint density at radius 2 is 1.28 bits per heavy atom. The summed E-state index contributed by atoms with van der Waals surface area (Å²) >= 11 is 0. The zero-order valence-electron chi connectivity index (χ0n) is 18.7. The molecular formula is C25H27NO6. The Bertz CT molecular complexity index is 1240. The van der Waals surface area contributed by atoms with Crippen molar-refractivity contribution in [2.75, 3.05) is 35.0 Å². The Morgan fingerprint density at radius 1 is 0.781 bits per heavy atom. The van der Waals surface area contributed by atoms with Gasteiger partial charge in [0.05, 0.1) is 40.0 Å². The summed E-state index contributed by atoms with van der Waals surface area (Å²) in [5, 5.41) is 14.7. The molecule has 1 amide bonds. The number of benzene rings is 3. The number of hydrogen-bond donors (Lipinski definition) is 1. The standard InChI is InChI=1S/C25H27NO6/c1-29-18-9-13-14-10-19(30-2)21(32-4)12-16(14)23-22(15(13)11-20(18)31-3)24(27)17-7-5-6-8-26(17)25(23)28/h9-12,17,24,27H,5-8H2,1-4H3. The van der Waals surface area contributed by atoms with Crippen molar-refractivity contribution in [3.05, 3.63) is 35.4 Å². The number of aliphatic hydroxyl groups is 1. The van der Waals surface area contributed by atoms with Gasteiger partial charge in [-0.2, -0.15) is 0 Å². The Labute approximate surface area is 186 Å². The molecule has 0 radical (unpaired) electrons. The predicted molar refractivity (Wildman–Crippen MR) is 121 cm³/mol. The third-order valence-electron chi connectivity index (χ3n) is 6.85. The van der Waals surface area contributed by atoms with E-state index in [1.54, 1.807) is 28.4 Å². The highest BCUT2D eigenvalue weighted by molar-refractivity contribution is 6.21. The van der Waals surface area contributed by atoms with E-state index in [0.717, 1.165) is 40.8 Å². The lowest BCUT2D eigenvalue weighted by molar-refractivity contribution is 0.0132. The zero-order valence-corrected chi connectivity index (χ0v) is 18.7. The van der Waals surface area contributed by atoms with E-state index in [1.165, 1.54) is 0 Å². The van der Waals surface area contributed by atoms with Crippen molar-refractivity contribution in [3.8, 4) is 23.0 Å². The average molecular weight is 437 g/mol. The van der Waals surface area contributed by atoms with E-state index >= 15 is 0 Å². The van der Waals surface area contributed by atoms with Crippen molar-refractivity contribution in [3.63, 3.8) is 0 Å². The number of rotatable bonds is 4. The molecule has 5 rings (SSSR count). The van der Waals surface area contributed by atoms with E-state index < -0.39 is 6.10 Å². The zero-order chi connectivity index (χ0) is 22.6. The minimum atomic E-state index is -0.791. The van der Waals surface area contributed by atoms with Gasteiger partial charge in [0.2, 0.25) is 0 Å². The number of piperidine rings is 1. The molecule has 2 heterocycles. The molecule has 3 aromatic carbocycles. The van der Waals surface area contributed by atoms with Gasteiger partial charge in [0.1, 0.15) is 6.10 Å². The fourth-order valence-corrected chi connectivity index (χ4v) is 5.32. The highest BCUT2D eigenvalue weighted by Crippen LogP contribution is 2.48. The summed E-state index contributed by atoms with van der Waals surface area (Å²) in [7, 11) is 6.32. The van der Waals surface area contributed by atoms with Crippen molar-refractivity contribution in [1.29, 1.82) is 0 Å². The summed E-state index contributed by atoms with van der Waals surface area (Å²) < 4.78 is 22.2. The Balaban J connectivity index is 1.96. The number of aliphatic hydroxyl groups excluding tert-OH is 1. The molecule has 1 N–H and O–H groups in total. The highest BCUT2D eigenvalue weighted by atomic mass is 16.5. The van der Waals surface area contributed by atoms with E-state index in [9.17, 15) is 9.90 Å². The molecule has 2 aliphatic rings. The number of amides is 1. The first-order valence-electron chi connectivity index (χ1n) is 10.8. The molecule has 7 heteroatoms. The van der Waals surface area contributed by atoms with Crippen LogP contribution < -0.4 is 18.9 Å². The van der Waals surface area contributed by atoms with E-state index in [-0.39, 0.29) is 11.9 Å². The minimum absolute atomic E-state index is 0.0519. The maximum Gasteiger partial charge on any atom is 0.255 e. The van der Waals surface area contributed by atoms with Crippen LogP contribution in [-0.2, 0) is 0 Å². The molecule has 1 saturated heterocycles. The third kappa shape index (κ3) is 2.80. The normalized spacial score (nSPS) is 20.2. The van der Waals surface area contributed by atoms with Crippen molar-refractivity contribution in [2.24, 2.45) is 0 Å². The minimum Gasteiger partial charge on any atom is -0.493 e. The SMILES string of the molecule is COc1cc2c3c(c4cc(OC)c(OC)cc4c2cc1OC)C(O)C1CCCCN1C3=O. The molecule has 1 fully saturated rings. The number of fused-ring (bicyclic) bond motifs is 7. The van der Waals surface area contributed by atoms with Gasteiger partial charge in [0.25, 0.3) is 5.91 Å². The van der Waals surface area contributed by atoms with Crippen LogP contribution >= 0.6 is 0 Å². The molecule has 2 atom stereocenters. The van der Waals surface area contributed by atoms with Crippen LogP contribution in [0, 0.1) is 0 Å². The summed E-state index contributed by atoms with van der Waals surface area (Å²) in [6.07, 6.45) is 1.93. The van der Waals surface area contributed by atoms with Crippen molar-refractivity contribution in [1.82, 2.24) is 4.90 Å². The molecule has 0 aromatic heterocycles. The predicted octanol–water partition coefficient (Wildman–Crippen LogP) is 4.07. The van der Waals surface area contributed by atoms with Gasteiger partial charge < -0.3 is 29.0 Å². The van der Waals surface area contributed by atoms with Gasteiger partial charge >= 0.3 is 0 Å². The van der Waals surface area contributed by atoms with Gasteiger partial charge in [-0.25, -0.2) is 0 Å². The summed E-state index contributed by atoms with van der Waals surface area (Å²) in [4.78, 5) is 15.6. The molecular weight excluding hydrogens is 410 g/mol. The molecule has 0 spiro atoms. The second-order valence-electron chi connectivity index (χ2n) is 8.30. The van der Waals surface area contributed by atoms with Crippen LogP contribution in [0.25, 0.3) is 21.5 Å². The number of ether oxygens (including phenoxy) is 4. The monoisotopic (exact) mass is 437 g/mol. The molecule has 0 aliphatic carbocycles. The fraction of sp³-hybridized carbons (Fsp3) is 0.400. The van der Waals surface area contributed by atoms with Crippen LogP contribution in [-0.4, -0.2) is 56.9 Å². The molecule has 0 bridgehead atoms. The number of carbonyl (C=O) groups is 1.